The maximum atomic E-state index is 11.6. The van der Waals surface area contributed by atoms with E-state index < -0.39 is 0 Å². The molecule has 18 heavy (non-hydrogen) atoms. The van der Waals surface area contributed by atoms with Crippen molar-refractivity contribution in [2.45, 2.75) is 58.5 Å². The summed E-state index contributed by atoms with van der Waals surface area (Å²) in [5, 5.41) is 2.82. The van der Waals surface area contributed by atoms with Crippen LogP contribution in [0.1, 0.15) is 52.9 Å². The molecule has 0 aliphatic heterocycles. The fourth-order valence-corrected chi connectivity index (χ4v) is 2.32. The lowest BCUT2D eigenvalue weighted by Crippen LogP contribution is -2.47. The van der Waals surface area contributed by atoms with E-state index in [-0.39, 0.29) is 18.1 Å². The van der Waals surface area contributed by atoms with Gasteiger partial charge >= 0.3 is 0 Å². The van der Waals surface area contributed by atoms with Crippen LogP contribution in [-0.4, -0.2) is 31.2 Å². The summed E-state index contributed by atoms with van der Waals surface area (Å²) in [5.74, 6) is -0.0329. The Bertz CT molecular complexity index is 267. The van der Waals surface area contributed by atoms with Gasteiger partial charge < -0.3 is 15.8 Å². The average molecular weight is 256 g/mol. The van der Waals surface area contributed by atoms with E-state index in [0.717, 1.165) is 32.1 Å². The second kappa shape index (κ2) is 6.53. The molecule has 1 saturated carbocycles. The summed E-state index contributed by atoms with van der Waals surface area (Å²) in [6.07, 6.45) is 5.08. The zero-order valence-electron chi connectivity index (χ0n) is 12.1. The first-order valence-electron chi connectivity index (χ1n) is 7.04. The molecule has 1 aliphatic carbocycles. The van der Waals surface area contributed by atoms with Crippen molar-refractivity contribution in [2.75, 3.05) is 19.7 Å². The fraction of sp³-hybridized carbons (Fsp3) is 0.929. The predicted molar refractivity (Wildman–Crippen MR) is 73.3 cm³/mol. The molecule has 0 aromatic rings. The van der Waals surface area contributed by atoms with Crippen LogP contribution < -0.4 is 11.1 Å². The Morgan fingerprint density at radius 1 is 1.28 bits per heavy atom. The van der Waals surface area contributed by atoms with Gasteiger partial charge in [0.05, 0.1) is 5.60 Å². The second-order valence-electron chi connectivity index (χ2n) is 6.19. The van der Waals surface area contributed by atoms with Gasteiger partial charge in [0, 0.05) is 13.1 Å². The Morgan fingerprint density at radius 2 is 1.89 bits per heavy atom. The van der Waals surface area contributed by atoms with Crippen LogP contribution in [0.5, 0.6) is 0 Å². The normalized spacial score (nSPS) is 21.6. The first kappa shape index (κ1) is 15.4. The molecule has 0 radical (unpaired) electrons. The first-order chi connectivity index (χ1) is 8.43. The number of amides is 1. The van der Waals surface area contributed by atoms with Gasteiger partial charge in [-0.2, -0.15) is 0 Å². The Morgan fingerprint density at radius 3 is 2.39 bits per heavy atom. The van der Waals surface area contributed by atoms with Gasteiger partial charge in [0.1, 0.15) is 6.61 Å². The van der Waals surface area contributed by atoms with Crippen LogP contribution in [0.4, 0.5) is 0 Å². The van der Waals surface area contributed by atoms with Gasteiger partial charge in [0.25, 0.3) is 0 Å². The Labute approximate surface area is 111 Å². The van der Waals surface area contributed by atoms with E-state index in [9.17, 15) is 4.79 Å². The van der Waals surface area contributed by atoms with E-state index in [1.165, 1.54) is 0 Å². The number of carbonyl (C=O) groups is 1. The molecule has 0 atom stereocenters. The third kappa shape index (κ3) is 4.58. The fourth-order valence-electron chi connectivity index (χ4n) is 2.32. The van der Waals surface area contributed by atoms with Crippen molar-refractivity contribution < 1.29 is 9.53 Å². The number of carbonyl (C=O) groups excluding carboxylic acids is 1. The first-order valence-corrected chi connectivity index (χ1v) is 7.04. The summed E-state index contributed by atoms with van der Waals surface area (Å²) in [7, 11) is 0. The largest absolute Gasteiger partial charge is 0.364 e. The SMILES string of the molecule is CCCNC(=O)COC1(CN)CCC(C)(C)CC1. The number of nitrogens with two attached hydrogens (primary N) is 1. The molecule has 0 bridgehead atoms. The van der Waals surface area contributed by atoms with Gasteiger partial charge in [0.2, 0.25) is 5.91 Å². The number of ether oxygens (including phenoxy) is 1. The predicted octanol–water partition coefficient (Wildman–Crippen LogP) is 1.83. The molecule has 0 saturated heterocycles. The molecule has 106 valence electrons. The Balaban J connectivity index is 2.40. The molecular formula is C14H28N2O2. The number of rotatable bonds is 6. The van der Waals surface area contributed by atoms with Crippen LogP contribution in [0.25, 0.3) is 0 Å². The van der Waals surface area contributed by atoms with Gasteiger partial charge in [-0.3, -0.25) is 4.79 Å². The molecule has 3 N–H and O–H groups in total. The van der Waals surface area contributed by atoms with E-state index in [2.05, 4.69) is 19.2 Å². The van der Waals surface area contributed by atoms with Gasteiger partial charge in [-0.1, -0.05) is 20.8 Å². The van der Waals surface area contributed by atoms with Crippen LogP contribution in [0, 0.1) is 5.41 Å². The minimum atomic E-state index is -0.279. The standard InChI is InChI=1S/C14H28N2O2/c1-4-9-16-12(17)10-18-14(11-15)7-5-13(2,3)6-8-14/h4-11,15H2,1-3H3,(H,16,17). The molecule has 1 fully saturated rings. The summed E-state index contributed by atoms with van der Waals surface area (Å²) in [6.45, 7) is 7.95. The molecule has 0 spiro atoms. The van der Waals surface area contributed by atoms with E-state index in [4.69, 9.17) is 10.5 Å². The minimum absolute atomic E-state index is 0.0329. The molecule has 0 aromatic heterocycles. The lowest BCUT2D eigenvalue weighted by Gasteiger charge is -2.42. The minimum Gasteiger partial charge on any atom is -0.364 e. The van der Waals surface area contributed by atoms with Crippen LogP contribution in [-0.2, 0) is 9.53 Å². The summed E-state index contributed by atoms with van der Waals surface area (Å²) in [4.78, 5) is 11.6. The average Bonchev–Trinajstić information content (AvgIpc) is 2.36. The van der Waals surface area contributed by atoms with E-state index >= 15 is 0 Å². The summed E-state index contributed by atoms with van der Waals surface area (Å²) < 4.78 is 5.83. The van der Waals surface area contributed by atoms with Gasteiger partial charge in [0.15, 0.2) is 0 Å². The van der Waals surface area contributed by atoms with Gasteiger partial charge in [-0.05, 0) is 37.5 Å². The van der Waals surface area contributed by atoms with E-state index in [1.807, 2.05) is 6.92 Å². The van der Waals surface area contributed by atoms with Crippen molar-refractivity contribution in [1.82, 2.24) is 5.32 Å². The molecule has 4 heteroatoms. The zero-order valence-corrected chi connectivity index (χ0v) is 12.1. The van der Waals surface area contributed by atoms with Crippen molar-refractivity contribution in [3.05, 3.63) is 0 Å². The lowest BCUT2D eigenvalue weighted by molar-refractivity contribution is -0.137. The number of hydrogen-bond acceptors (Lipinski definition) is 3. The lowest BCUT2D eigenvalue weighted by atomic mass is 9.71. The molecular weight excluding hydrogens is 228 g/mol. The summed E-state index contributed by atoms with van der Waals surface area (Å²) >= 11 is 0. The van der Waals surface area contributed by atoms with Crippen molar-refractivity contribution in [3.63, 3.8) is 0 Å². The second-order valence-corrected chi connectivity index (χ2v) is 6.19. The summed E-state index contributed by atoms with van der Waals surface area (Å²) in [5.41, 5.74) is 5.96. The zero-order chi connectivity index (χ0) is 13.6. The maximum Gasteiger partial charge on any atom is 0.246 e. The Hall–Kier alpha value is -0.610. The van der Waals surface area contributed by atoms with Gasteiger partial charge in [-0.25, -0.2) is 0 Å². The Kier molecular flexibility index (Phi) is 5.60. The maximum absolute atomic E-state index is 11.6. The van der Waals surface area contributed by atoms with Crippen molar-refractivity contribution in [1.29, 1.82) is 0 Å². The van der Waals surface area contributed by atoms with E-state index in [1.54, 1.807) is 0 Å². The smallest absolute Gasteiger partial charge is 0.246 e. The van der Waals surface area contributed by atoms with Gasteiger partial charge in [-0.15, -0.1) is 0 Å². The van der Waals surface area contributed by atoms with Crippen molar-refractivity contribution >= 4 is 5.91 Å². The molecule has 1 amide bonds. The molecule has 1 aliphatic rings. The monoisotopic (exact) mass is 256 g/mol. The topological polar surface area (TPSA) is 64.3 Å². The quantitative estimate of drug-likeness (QED) is 0.762. The highest BCUT2D eigenvalue weighted by Gasteiger charge is 2.38. The molecule has 0 aromatic carbocycles. The van der Waals surface area contributed by atoms with Crippen molar-refractivity contribution in [3.8, 4) is 0 Å². The number of nitrogens with one attached hydrogen (secondary N) is 1. The molecule has 1 rings (SSSR count). The van der Waals surface area contributed by atoms with E-state index in [0.29, 0.717) is 18.5 Å². The van der Waals surface area contributed by atoms with Crippen LogP contribution in [0.15, 0.2) is 0 Å². The summed E-state index contributed by atoms with van der Waals surface area (Å²) in [6, 6.07) is 0. The highest BCUT2D eigenvalue weighted by atomic mass is 16.5. The molecule has 4 nitrogen and oxygen atoms in total. The van der Waals surface area contributed by atoms with Crippen molar-refractivity contribution in [2.24, 2.45) is 11.1 Å². The third-order valence-corrected chi connectivity index (χ3v) is 3.97. The van der Waals surface area contributed by atoms with Crippen LogP contribution in [0.2, 0.25) is 0 Å². The molecule has 0 heterocycles. The third-order valence-electron chi connectivity index (χ3n) is 3.97. The van der Waals surface area contributed by atoms with Crippen LogP contribution >= 0.6 is 0 Å². The highest BCUT2D eigenvalue weighted by molar-refractivity contribution is 5.77. The highest BCUT2D eigenvalue weighted by Crippen LogP contribution is 2.41. The van der Waals surface area contributed by atoms with Crippen LogP contribution in [0.3, 0.4) is 0 Å². The number of hydrogen-bond donors (Lipinski definition) is 2. The molecule has 0 unspecified atom stereocenters.